The number of rotatable bonds is 2. The predicted octanol–water partition coefficient (Wildman–Crippen LogP) is 3.79. The summed E-state index contributed by atoms with van der Waals surface area (Å²) in [5.41, 5.74) is 2.37. The Morgan fingerprint density at radius 2 is 1.88 bits per heavy atom. The van der Waals surface area contributed by atoms with Crippen LogP contribution in [0.25, 0.3) is 0 Å². The summed E-state index contributed by atoms with van der Waals surface area (Å²) >= 11 is 3.34. The fourth-order valence-corrected chi connectivity index (χ4v) is 1.73. The molecule has 0 aromatic heterocycles. The molecule has 0 aliphatic rings. The van der Waals surface area contributed by atoms with Crippen LogP contribution in [0.2, 0.25) is 0 Å². The Morgan fingerprint density at radius 1 is 1.19 bits per heavy atom. The number of hydrogen-bond acceptors (Lipinski definition) is 1. The number of carbonyl (C=O) groups is 1. The van der Waals surface area contributed by atoms with Gasteiger partial charge >= 0.3 is 0 Å². The minimum absolute atomic E-state index is 0.0104. The highest BCUT2D eigenvalue weighted by atomic mass is 79.9. The van der Waals surface area contributed by atoms with Crippen LogP contribution in [0.4, 0.5) is 0 Å². The van der Waals surface area contributed by atoms with Gasteiger partial charge in [0.1, 0.15) is 0 Å². The molecule has 0 N–H and O–H groups in total. The summed E-state index contributed by atoms with van der Waals surface area (Å²) in [5, 5.41) is 0. The topological polar surface area (TPSA) is 17.1 Å². The van der Waals surface area contributed by atoms with Crippen LogP contribution in [0.1, 0.15) is 21.5 Å². The maximum absolute atomic E-state index is 12.1. The second kappa shape index (κ2) is 4.62. The third-order valence-electron chi connectivity index (χ3n) is 2.31. The molecule has 1 nitrogen and oxygen atoms in total. The van der Waals surface area contributed by atoms with E-state index in [0.717, 1.165) is 10.0 Å². The van der Waals surface area contributed by atoms with Gasteiger partial charge in [-0.3, -0.25) is 4.79 Å². The van der Waals surface area contributed by atoms with Crippen LogP contribution in [-0.4, -0.2) is 5.78 Å². The highest BCUT2D eigenvalue weighted by Gasteiger charge is 2.08. The zero-order valence-electron chi connectivity index (χ0n) is 8.83. The van der Waals surface area contributed by atoms with Crippen molar-refractivity contribution in [3.8, 4) is 0 Å². The fourth-order valence-electron chi connectivity index (χ4n) is 1.47. The average molecular weight is 274 g/mol. The van der Waals surface area contributed by atoms with Crippen LogP contribution in [0.5, 0.6) is 0 Å². The molecule has 2 aromatic carbocycles. The smallest absolute Gasteiger partial charge is 0.193 e. The molecule has 0 aliphatic carbocycles. The highest BCUT2D eigenvalue weighted by Crippen LogP contribution is 2.14. The van der Waals surface area contributed by atoms with Crippen LogP contribution < -0.4 is 0 Å². The zero-order chi connectivity index (χ0) is 11.5. The predicted molar refractivity (Wildman–Crippen MR) is 67.6 cm³/mol. The molecule has 0 fully saturated rings. The molecule has 0 spiro atoms. The van der Waals surface area contributed by atoms with Gasteiger partial charge in [-0.15, -0.1) is 0 Å². The molecule has 16 heavy (non-hydrogen) atoms. The number of carbonyl (C=O) groups excluding carboxylic acids is 1. The van der Waals surface area contributed by atoms with Crippen LogP contribution in [-0.2, 0) is 0 Å². The van der Waals surface area contributed by atoms with Crippen LogP contribution >= 0.6 is 15.9 Å². The van der Waals surface area contributed by atoms with Gasteiger partial charge in [0.25, 0.3) is 0 Å². The Morgan fingerprint density at radius 3 is 2.50 bits per heavy atom. The third-order valence-corrected chi connectivity index (χ3v) is 2.84. The van der Waals surface area contributed by atoms with Crippen LogP contribution in [0.3, 0.4) is 0 Å². The van der Waals surface area contributed by atoms with Gasteiger partial charge in [0.05, 0.1) is 0 Å². The lowest BCUT2D eigenvalue weighted by atomic mass is 10.0. The minimum atomic E-state index is 0.0104. The lowest BCUT2D eigenvalue weighted by Crippen LogP contribution is -2.01. The Bertz CT molecular complexity index is 515. The molecule has 0 saturated carbocycles. The van der Waals surface area contributed by atoms with E-state index in [0.29, 0.717) is 11.1 Å². The first kappa shape index (κ1) is 11.1. The van der Waals surface area contributed by atoms with Gasteiger partial charge in [0.2, 0.25) is 0 Å². The SMILES string of the molecule is Cc1cc[c]c(C(=O)c2ccc(Br)cc2)c1. The van der Waals surface area contributed by atoms with E-state index in [2.05, 4.69) is 22.0 Å². The molecular weight excluding hydrogens is 264 g/mol. The van der Waals surface area contributed by atoms with Gasteiger partial charge < -0.3 is 0 Å². The second-order valence-corrected chi connectivity index (χ2v) is 4.53. The molecule has 79 valence electrons. The van der Waals surface area contributed by atoms with E-state index in [1.165, 1.54) is 0 Å². The quantitative estimate of drug-likeness (QED) is 0.761. The van der Waals surface area contributed by atoms with Gasteiger partial charge in [-0.25, -0.2) is 0 Å². The summed E-state index contributed by atoms with van der Waals surface area (Å²) in [7, 11) is 0. The van der Waals surface area contributed by atoms with E-state index in [1.807, 2.05) is 43.3 Å². The molecule has 2 aromatic rings. The molecule has 2 heteroatoms. The van der Waals surface area contributed by atoms with Crippen molar-refractivity contribution in [2.45, 2.75) is 6.92 Å². The number of ketones is 1. The standard InChI is InChI=1S/C14H10BrO/c1-10-3-2-4-12(9-10)14(16)11-5-7-13(15)8-6-11/h2-3,5-9H,1H3. The summed E-state index contributed by atoms with van der Waals surface area (Å²) in [6.07, 6.45) is 0. The van der Waals surface area contributed by atoms with Crippen molar-refractivity contribution in [3.63, 3.8) is 0 Å². The summed E-state index contributed by atoms with van der Waals surface area (Å²) in [4.78, 5) is 12.1. The average Bonchev–Trinajstić information content (AvgIpc) is 2.29. The normalized spacial score (nSPS) is 10.1. The van der Waals surface area contributed by atoms with Crippen molar-refractivity contribution in [2.24, 2.45) is 0 Å². The summed E-state index contributed by atoms with van der Waals surface area (Å²) in [6.45, 7) is 1.96. The Balaban J connectivity index is 2.35. The lowest BCUT2D eigenvalue weighted by Gasteiger charge is -2.01. The number of hydrogen-bond donors (Lipinski definition) is 0. The number of halogens is 1. The van der Waals surface area contributed by atoms with Crippen molar-refractivity contribution in [2.75, 3.05) is 0 Å². The minimum Gasteiger partial charge on any atom is -0.289 e. The molecule has 0 bridgehead atoms. The first-order valence-corrected chi connectivity index (χ1v) is 5.75. The van der Waals surface area contributed by atoms with Gasteiger partial charge in [0.15, 0.2) is 5.78 Å². The van der Waals surface area contributed by atoms with Gasteiger partial charge in [-0.2, -0.15) is 0 Å². The molecule has 1 radical (unpaired) electrons. The Hall–Kier alpha value is -1.41. The van der Waals surface area contributed by atoms with E-state index in [4.69, 9.17) is 0 Å². The van der Waals surface area contributed by atoms with Gasteiger partial charge in [0, 0.05) is 15.6 Å². The molecule has 0 unspecified atom stereocenters. The van der Waals surface area contributed by atoms with Crippen molar-refractivity contribution < 1.29 is 4.79 Å². The first-order chi connectivity index (χ1) is 7.66. The van der Waals surface area contributed by atoms with Gasteiger partial charge in [-0.1, -0.05) is 33.6 Å². The largest absolute Gasteiger partial charge is 0.289 e. The van der Waals surface area contributed by atoms with Crippen molar-refractivity contribution >= 4 is 21.7 Å². The first-order valence-electron chi connectivity index (χ1n) is 4.95. The molecule has 0 heterocycles. The molecule has 2 rings (SSSR count). The maximum Gasteiger partial charge on any atom is 0.193 e. The van der Waals surface area contributed by atoms with Crippen LogP contribution in [0.15, 0.2) is 46.9 Å². The molecule has 0 amide bonds. The van der Waals surface area contributed by atoms with Gasteiger partial charge in [-0.05, 0) is 43.3 Å². The molecular formula is C14H10BrO. The van der Waals surface area contributed by atoms with Crippen molar-refractivity contribution in [3.05, 3.63) is 69.7 Å². The Labute approximate surface area is 103 Å². The van der Waals surface area contributed by atoms with E-state index < -0.39 is 0 Å². The number of benzene rings is 2. The van der Waals surface area contributed by atoms with E-state index in [-0.39, 0.29) is 5.78 Å². The fraction of sp³-hybridized carbons (Fsp3) is 0.0714. The second-order valence-electron chi connectivity index (χ2n) is 3.62. The van der Waals surface area contributed by atoms with E-state index in [1.54, 1.807) is 6.07 Å². The molecule has 0 saturated heterocycles. The lowest BCUT2D eigenvalue weighted by molar-refractivity contribution is 0.103. The van der Waals surface area contributed by atoms with E-state index in [9.17, 15) is 4.79 Å². The summed E-state index contributed by atoms with van der Waals surface area (Å²) in [5.74, 6) is 0.0104. The maximum atomic E-state index is 12.1. The van der Waals surface area contributed by atoms with Crippen molar-refractivity contribution in [1.82, 2.24) is 0 Å². The van der Waals surface area contributed by atoms with Crippen LogP contribution in [0, 0.1) is 13.0 Å². The molecule has 0 aliphatic heterocycles. The molecule has 0 atom stereocenters. The zero-order valence-corrected chi connectivity index (χ0v) is 10.4. The monoisotopic (exact) mass is 273 g/mol. The van der Waals surface area contributed by atoms with Crippen molar-refractivity contribution in [1.29, 1.82) is 0 Å². The van der Waals surface area contributed by atoms with E-state index >= 15 is 0 Å². The summed E-state index contributed by atoms with van der Waals surface area (Å²) < 4.78 is 0.970. The number of aryl methyl sites for hydroxylation is 1. The third kappa shape index (κ3) is 2.39. The highest BCUT2D eigenvalue weighted by molar-refractivity contribution is 9.10. The summed E-state index contributed by atoms with van der Waals surface area (Å²) in [6, 6.07) is 15.9. The Kier molecular flexibility index (Phi) is 3.20.